The van der Waals surface area contributed by atoms with E-state index in [9.17, 15) is 0 Å². The average Bonchev–Trinajstić information content (AvgIpc) is 2.73. The molecular formula is C13H14BrNS. The van der Waals surface area contributed by atoms with E-state index in [1.54, 1.807) is 11.3 Å². The highest BCUT2D eigenvalue weighted by atomic mass is 79.9. The molecule has 0 bridgehead atoms. The Kier molecular flexibility index (Phi) is 4.16. The van der Waals surface area contributed by atoms with Gasteiger partial charge < -0.3 is 5.32 Å². The lowest BCUT2D eigenvalue weighted by Crippen LogP contribution is -2.17. The fourth-order valence-corrected chi connectivity index (χ4v) is 2.96. The monoisotopic (exact) mass is 295 g/mol. The summed E-state index contributed by atoms with van der Waals surface area (Å²) in [5, 5.41) is 5.63. The van der Waals surface area contributed by atoms with Crippen molar-refractivity contribution in [3.63, 3.8) is 0 Å². The normalized spacial score (nSPS) is 12.6. The Labute approximate surface area is 109 Å². The Morgan fingerprint density at radius 2 is 2.06 bits per heavy atom. The molecule has 1 N–H and O–H groups in total. The van der Waals surface area contributed by atoms with E-state index in [4.69, 9.17) is 0 Å². The molecule has 2 rings (SSSR count). The molecule has 0 aliphatic heterocycles. The van der Waals surface area contributed by atoms with Crippen LogP contribution in [0.4, 0.5) is 0 Å². The first-order chi connectivity index (χ1) is 7.75. The first kappa shape index (κ1) is 11.8. The van der Waals surface area contributed by atoms with Crippen LogP contribution in [-0.2, 0) is 6.54 Å². The molecule has 0 aliphatic carbocycles. The van der Waals surface area contributed by atoms with Gasteiger partial charge in [0.05, 0.1) is 0 Å². The SMILES string of the molecule is C[C@@H](NCc1cc(Br)cs1)c1ccccc1. The fourth-order valence-electron chi connectivity index (χ4n) is 1.56. The summed E-state index contributed by atoms with van der Waals surface area (Å²) in [5.74, 6) is 0. The number of thiophene rings is 1. The van der Waals surface area contributed by atoms with Gasteiger partial charge in [0.2, 0.25) is 0 Å². The Balaban J connectivity index is 1.91. The number of hydrogen-bond donors (Lipinski definition) is 1. The zero-order valence-electron chi connectivity index (χ0n) is 9.11. The summed E-state index contributed by atoms with van der Waals surface area (Å²) in [5.41, 5.74) is 1.33. The van der Waals surface area contributed by atoms with Crippen molar-refractivity contribution in [1.29, 1.82) is 0 Å². The largest absolute Gasteiger partial charge is 0.305 e. The van der Waals surface area contributed by atoms with Gasteiger partial charge in [-0.2, -0.15) is 0 Å². The molecule has 84 valence electrons. The van der Waals surface area contributed by atoms with Gasteiger partial charge in [0.1, 0.15) is 0 Å². The highest BCUT2D eigenvalue weighted by Gasteiger charge is 2.04. The summed E-state index contributed by atoms with van der Waals surface area (Å²) in [6.45, 7) is 3.12. The van der Waals surface area contributed by atoms with Crippen molar-refractivity contribution in [3.8, 4) is 0 Å². The Morgan fingerprint density at radius 1 is 1.31 bits per heavy atom. The van der Waals surface area contributed by atoms with Gasteiger partial charge in [0.25, 0.3) is 0 Å². The molecule has 1 aromatic carbocycles. The van der Waals surface area contributed by atoms with Gasteiger partial charge in [-0.1, -0.05) is 30.3 Å². The number of rotatable bonds is 4. The molecule has 0 amide bonds. The molecule has 0 spiro atoms. The molecule has 0 aliphatic rings. The van der Waals surface area contributed by atoms with Gasteiger partial charge in [-0.15, -0.1) is 11.3 Å². The molecule has 0 saturated carbocycles. The van der Waals surface area contributed by atoms with E-state index >= 15 is 0 Å². The third-order valence-corrected chi connectivity index (χ3v) is 4.20. The third-order valence-electron chi connectivity index (χ3n) is 2.50. The second-order valence-corrected chi connectivity index (χ2v) is 5.66. The van der Waals surface area contributed by atoms with Gasteiger partial charge in [-0.05, 0) is 34.5 Å². The number of nitrogens with one attached hydrogen (secondary N) is 1. The first-order valence-electron chi connectivity index (χ1n) is 5.27. The highest BCUT2D eigenvalue weighted by Crippen LogP contribution is 2.20. The summed E-state index contributed by atoms with van der Waals surface area (Å²) in [7, 11) is 0. The van der Waals surface area contributed by atoms with Crippen LogP contribution in [0.25, 0.3) is 0 Å². The molecule has 1 nitrogen and oxygen atoms in total. The van der Waals surface area contributed by atoms with Crippen LogP contribution in [0.5, 0.6) is 0 Å². The van der Waals surface area contributed by atoms with Gasteiger partial charge >= 0.3 is 0 Å². The van der Waals surface area contributed by atoms with Gasteiger partial charge in [0, 0.05) is 27.3 Å². The maximum Gasteiger partial charge on any atom is 0.0305 e. The van der Waals surface area contributed by atoms with Crippen LogP contribution in [0, 0.1) is 0 Å². The summed E-state index contributed by atoms with van der Waals surface area (Å²) >= 11 is 5.24. The quantitative estimate of drug-likeness (QED) is 0.884. The number of hydrogen-bond acceptors (Lipinski definition) is 2. The van der Waals surface area contributed by atoms with Crippen molar-refractivity contribution >= 4 is 27.3 Å². The minimum atomic E-state index is 0.391. The summed E-state index contributed by atoms with van der Waals surface area (Å²) in [6.07, 6.45) is 0. The van der Waals surface area contributed by atoms with Crippen LogP contribution >= 0.6 is 27.3 Å². The number of benzene rings is 1. The van der Waals surface area contributed by atoms with E-state index < -0.39 is 0 Å². The van der Waals surface area contributed by atoms with Gasteiger partial charge in [-0.25, -0.2) is 0 Å². The molecule has 1 aromatic heterocycles. The van der Waals surface area contributed by atoms with Crippen molar-refractivity contribution in [2.45, 2.75) is 19.5 Å². The molecule has 2 aromatic rings. The predicted molar refractivity (Wildman–Crippen MR) is 73.7 cm³/mol. The first-order valence-corrected chi connectivity index (χ1v) is 6.94. The molecule has 0 saturated heterocycles. The number of halogens is 1. The molecule has 0 unspecified atom stereocenters. The second-order valence-electron chi connectivity index (χ2n) is 3.74. The Bertz CT molecular complexity index is 438. The van der Waals surface area contributed by atoms with Crippen LogP contribution in [0.3, 0.4) is 0 Å². The van der Waals surface area contributed by atoms with Crippen LogP contribution in [0.1, 0.15) is 23.4 Å². The van der Waals surface area contributed by atoms with Gasteiger partial charge in [-0.3, -0.25) is 0 Å². The van der Waals surface area contributed by atoms with Crippen LogP contribution in [-0.4, -0.2) is 0 Å². The standard InChI is InChI=1S/C13H14BrNS/c1-10(11-5-3-2-4-6-11)15-8-13-7-12(14)9-16-13/h2-7,9-10,15H,8H2,1H3/t10-/m1/s1. The van der Waals surface area contributed by atoms with Crippen LogP contribution in [0.2, 0.25) is 0 Å². The average molecular weight is 296 g/mol. The van der Waals surface area contributed by atoms with E-state index in [0.29, 0.717) is 6.04 Å². The maximum absolute atomic E-state index is 3.52. The molecule has 1 heterocycles. The zero-order chi connectivity index (χ0) is 11.4. The molecule has 0 radical (unpaired) electrons. The Hall–Kier alpha value is -0.640. The third kappa shape index (κ3) is 3.17. The van der Waals surface area contributed by atoms with Crippen LogP contribution in [0.15, 0.2) is 46.3 Å². The van der Waals surface area contributed by atoms with E-state index in [1.807, 2.05) is 6.07 Å². The van der Waals surface area contributed by atoms with Crippen molar-refractivity contribution in [2.24, 2.45) is 0 Å². The van der Waals surface area contributed by atoms with Crippen LogP contribution < -0.4 is 5.32 Å². The minimum Gasteiger partial charge on any atom is -0.305 e. The molecule has 1 atom stereocenters. The zero-order valence-corrected chi connectivity index (χ0v) is 11.5. The lowest BCUT2D eigenvalue weighted by atomic mass is 10.1. The van der Waals surface area contributed by atoms with Crippen molar-refractivity contribution < 1.29 is 0 Å². The lowest BCUT2D eigenvalue weighted by Gasteiger charge is -2.13. The fraction of sp³-hybridized carbons (Fsp3) is 0.231. The topological polar surface area (TPSA) is 12.0 Å². The second kappa shape index (κ2) is 5.62. The summed E-state index contributed by atoms with van der Waals surface area (Å²) < 4.78 is 1.17. The molecular weight excluding hydrogens is 282 g/mol. The van der Waals surface area contributed by atoms with E-state index in [2.05, 4.69) is 63.9 Å². The summed E-state index contributed by atoms with van der Waals surface area (Å²) in [6, 6.07) is 13.1. The van der Waals surface area contributed by atoms with Crippen molar-refractivity contribution in [3.05, 3.63) is 56.7 Å². The van der Waals surface area contributed by atoms with E-state index in [1.165, 1.54) is 14.9 Å². The summed E-state index contributed by atoms with van der Waals surface area (Å²) in [4.78, 5) is 1.36. The smallest absolute Gasteiger partial charge is 0.0305 e. The van der Waals surface area contributed by atoms with E-state index in [0.717, 1.165) is 6.54 Å². The Morgan fingerprint density at radius 3 is 2.69 bits per heavy atom. The lowest BCUT2D eigenvalue weighted by molar-refractivity contribution is 0.579. The minimum absolute atomic E-state index is 0.391. The van der Waals surface area contributed by atoms with Crippen molar-refractivity contribution in [2.75, 3.05) is 0 Å². The highest BCUT2D eigenvalue weighted by molar-refractivity contribution is 9.10. The molecule has 3 heteroatoms. The van der Waals surface area contributed by atoms with Gasteiger partial charge in [0.15, 0.2) is 0 Å². The van der Waals surface area contributed by atoms with Crippen molar-refractivity contribution in [1.82, 2.24) is 5.32 Å². The predicted octanol–water partition coefficient (Wildman–Crippen LogP) is 4.36. The molecule has 0 fully saturated rings. The van der Waals surface area contributed by atoms with E-state index in [-0.39, 0.29) is 0 Å². The molecule has 16 heavy (non-hydrogen) atoms. The maximum atomic E-state index is 3.52.